The molecule has 0 saturated heterocycles. The lowest BCUT2D eigenvalue weighted by Gasteiger charge is -2.16. The molecule has 0 aromatic heterocycles. The summed E-state index contributed by atoms with van der Waals surface area (Å²) in [4.78, 5) is 0. The largest absolute Gasteiger partial charge is 0.494 e. The minimum absolute atomic E-state index is 0.405. The predicted octanol–water partition coefficient (Wildman–Crippen LogP) is 13.8. The maximum atomic E-state index is 6.30. The van der Waals surface area contributed by atoms with Crippen molar-refractivity contribution in [1.82, 2.24) is 0 Å². The number of benzene rings is 3. The zero-order valence-electron chi connectivity index (χ0n) is 29.1. The third kappa shape index (κ3) is 13.4. The molecule has 0 aliphatic rings. The molecule has 0 aliphatic heterocycles. The van der Waals surface area contributed by atoms with E-state index in [9.17, 15) is 0 Å². The van der Waals surface area contributed by atoms with Crippen LogP contribution in [0.15, 0.2) is 70.9 Å². The summed E-state index contributed by atoms with van der Waals surface area (Å²) in [7, 11) is 0. The molecule has 3 rings (SSSR count). The molecular formula is C41H60N2O2. The Morgan fingerprint density at radius 2 is 1.16 bits per heavy atom. The molecule has 3 aromatic rings. The molecule has 0 radical (unpaired) electrons. The molecule has 45 heavy (non-hydrogen) atoms. The Hall–Kier alpha value is -3.14. The molecule has 246 valence electrons. The van der Waals surface area contributed by atoms with E-state index in [1.807, 2.05) is 31.2 Å². The van der Waals surface area contributed by atoms with Gasteiger partial charge in [-0.1, -0.05) is 122 Å². The molecule has 1 unspecified atom stereocenters. The first kappa shape index (κ1) is 36.3. The van der Waals surface area contributed by atoms with Crippen LogP contribution in [0, 0.1) is 6.92 Å². The molecule has 4 heteroatoms. The molecular weight excluding hydrogens is 552 g/mol. The summed E-state index contributed by atoms with van der Waals surface area (Å²) < 4.78 is 11.9. The molecule has 4 nitrogen and oxygen atoms in total. The Bertz CT molecular complexity index is 1250. The standard InChI is InChI=1S/C41H60N2O2/c1-6-9-10-11-12-13-14-15-16-17-18-19-20-21-30-45-41-29-25-37(32-40(41)33(4)7-2)43-42-36-24-28-39(34(5)31-36)35-22-26-38(27-23-35)44-8-3/h22-29,31-33H,6-21,30H2,1-5H3/b43-42+. The van der Waals surface area contributed by atoms with Crippen LogP contribution in [0.1, 0.15) is 141 Å². The van der Waals surface area contributed by atoms with Crippen molar-refractivity contribution in [3.63, 3.8) is 0 Å². The van der Waals surface area contributed by atoms with Crippen LogP contribution in [-0.2, 0) is 0 Å². The lowest BCUT2D eigenvalue weighted by atomic mass is 9.97. The summed E-state index contributed by atoms with van der Waals surface area (Å²) in [6.45, 7) is 12.4. The smallest absolute Gasteiger partial charge is 0.122 e. The van der Waals surface area contributed by atoms with Gasteiger partial charge in [0.15, 0.2) is 0 Å². The number of rotatable bonds is 23. The number of aryl methyl sites for hydroxylation is 1. The van der Waals surface area contributed by atoms with Gasteiger partial charge in [-0.05, 0) is 97.3 Å². The summed E-state index contributed by atoms with van der Waals surface area (Å²) in [5.41, 5.74) is 6.47. The van der Waals surface area contributed by atoms with Crippen LogP contribution >= 0.6 is 0 Å². The van der Waals surface area contributed by atoms with Gasteiger partial charge >= 0.3 is 0 Å². The normalized spacial score (nSPS) is 12.1. The van der Waals surface area contributed by atoms with E-state index >= 15 is 0 Å². The lowest BCUT2D eigenvalue weighted by Crippen LogP contribution is -2.02. The monoisotopic (exact) mass is 612 g/mol. The van der Waals surface area contributed by atoms with Crippen molar-refractivity contribution in [2.24, 2.45) is 10.2 Å². The lowest BCUT2D eigenvalue weighted by molar-refractivity contribution is 0.299. The Morgan fingerprint density at radius 1 is 0.600 bits per heavy atom. The molecule has 1 atom stereocenters. The molecule has 0 saturated carbocycles. The van der Waals surface area contributed by atoms with Gasteiger partial charge in [0.05, 0.1) is 24.6 Å². The van der Waals surface area contributed by atoms with Crippen molar-refractivity contribution < 1.29 is 9.47 Å². The van der Waals surface area contributed by atoms with Gasteiger partial charge in [0.25, 0.3) is 0 Å². The predicted molar refractivity (Wildman–Crippen MR) is 193 cm³/mol. The zero-order valence-corrected chi connectivity index (χ0v) is 29.1. The Balaban J connectivity index is 1.42. The number of nitrogens with zero attached hydrogens (tertiary/aromatic N) is 2. The first-order valence-electron chi connectivity index (χ1n) is 18.1. The second-order valence-corrected chi connectivity index (χ2v) is 12.6. The minimum atomic E-state index is 0.405. The van der Waals surface area contributed by atoms with Crippen LogP contribution < -0.4 is 9.47 Å². The first-order valence-corrected chi connectivity index (χ1v) is 18.1. The van der Waals surface area contributed by atoms with E-state index in [4.69, 9.17) is 9.47 Å². The fourth-order valence-electron chi connectivity index (χ4n) is 5.86. The highest BCUT2D eigenvalue weighted by molar-refractivity contribution is 5.70. The highest BCUT2D eigenvalue weighted by atomic mass is 16.5. The number of unbranched alkanes of at least 4 members (excludes halogenated alkanes) is 13. The quantitative estimate of drug-likeness (QED) is 0.0789. The average molecular weight is 613 g/mol. The van der Waals surface area contributed by atoms with E-state index in [1.165, 1.54) is 106 Å². The molecule has 0 aliphatic carbocycles. The van der Waals surface area contributed by atoms with Gasteiger partial charge in [-0.25, -0.2) is 0 Å². The maximum absolute atomic E-state index is 6.30. The van der Waals surface area contributed by atoms with Gasteiger partial charge in [0.2, 0.25) is 0 Å². The molecule has 0 amide bonds. The van der Waals surface area contributed by atoms with Crippen LogP contribution in [0.4, 0.5) is 11.4 Å². The van der Waals surface area contributed by atoms with Crippen molar-refractivity contribution in [1.29, 1.82) is 0 Å². The van der Waals surface area contributed by atoms with Crippen molar-refractivity contribution in [2.75, 3.05) is 13.2 Å². The molecule has 3 aromatic carbocycles. The molecule has 0 N–H and O–H groups in total. The third-order valence-corrected chi connectivity index (χ3v) is 8.86. The summed E-state index contributed by atoms with van der Waals surface area (Å²) >= 11 is 0. The van der Waals surface area contributed by atoms with Crippen molar-refractivity contribution in [3.8, 4) is 22.6 Å². The van der Waals surface area contributed by atoms with Crippen LogP contribution in [0.25, 0.3) is 11.1 Å². The number of hydrogen-bond donors (Lipinski definition) is 0. The van der Waals surface area contributed by atoms with Crippen LogP contribution in [-0.4, -0.2) is 13.2 Å². The molecule has 0 heterocycles. The molecule has 0 bridgehead atoms. The Morgan fingerprint density at radius 3 is 1.71 bits per heavy atom. The topological polar surface area (TPSA) is 43.2 Å². The summed E-state index contributed by atoms with van der Waals surface area (Å²) in [6.07, 6.45) is 20.2. The van der Waals surface area contributed by atoms with Gasteiger partial charge in [0.1, 0.15) is 11.5 Å². The van der Waals surface area contributed by atoms with Crippen molar-refractivity contribution in [3.05, 3.63) is 71.8 Å². The SMILES string of the molecule is CCCCCCCCCCCCCCCCOc1ccc(/N=N/c2ccc(-c3ccc(OCC)cc3)c(C)c2)cc1C(C)CC. The van der Waals surface area contributed by atoms with E-state index in [-0.39, 0.29) is 0 Å². The summed E-state index contributed by atoms with van der Waals surface area (Å²) in [5.74, 6) is 2.29. The van der Waals surface area contributed by atoms with Crippen LogP contribution in [0.2, 0.25) is 0 Å². The highest BCUT2D eigenvalue weighted by Crippen LogP contribution is 2.34. The van der Waals surface area contributed by atoms with E-state index in [2.05, 4.69) is 74.3 Å². The van der Waals surface area contributed by atoms with Gasteiger partial charge in [-0.3, -0.25) is 0 Å². The number of ether oxygens (including phenoxy) is 2. The van der Waals surface area contributed by atoms with Gasteiger partial charge in [-0.15, -0.1) is 0 Å². The number of hydrogen-bond acceptors (Lipinski definition) is 4. The van der Waals surface area contributed by atoms with E-state index < -0.39 is 0 Å². The zero-order chi connectivity index (χ0) is 32.1. The van der Waals surface area contributed by atoms with Crippen LogP contribution in [0.5, 0.6) is 11.5 Å². The fourth-order valence-corrected chi connectivity index (χ4v) is 5.86. The Kier molecular flexibility index (Phi) is 17.4. The summed E-state index contributed by atoms with van der Waals surface area (Å²) in [5, 5.41) is 9.18. The van der Waals surface area contributed by atoms with Gasteiger partial charge < -0.3 is 9.47 Å². The fraction of sp³-hybridized carbons (Fsp3) is 0.561. The van der Waals surface area contributed by atoms with E-state index in [0.29, 0.717) is 12.5 Å². The highest BCUT2D eigenvalue weighted by Gasteiger charge is 2.12. The first-order chi connectivity index (χ1) is 22.0. The third-order valence-electron chi connectivity index (χ3n) is 8.86. The Labute approximate surface area is 275 Å². The van der Waals surface area contributed by atoms with E-state index in [1.54, 1.807) is 0 Å². The second-order valence-electron chi connectivity index (χ2n) is 12.6. The maximum Gasteiger partial charge on any atom is 0.122 e. The minimum Gasteiger partial charge on any atom is -0.494 e. The molecule has 0 spiro atoms. The van der Waals surface area contributed by atoms with Crippen molar-refractivity contribution in [2.45, 2.75) is 137 Å². The summed E-state index contributed by atoms with van der Waals surface area (Å²) in [6, 6.07) is 20.8. The van der Waals surface area contributed by atoms with Crippen LogP contribution in [0.3, 0.4) is 0 Å². The number of azo groups is 1. The average Bonchev–Trinajstić information content (AvgIpc) is 3.06. The second kappa shape index (κ2) is 21.6. The van der Waals surface area contributed by atoms with Gasteiger partial charge in [-0.2, -0.15) is 10.2 Å². The molecule has 0 fully saturated rings. The van der Waals surface area contributed by atoms with Crippen molar-refractivity contribution >= 4 is 11.4 Å². The van der Waals surface area contributed by atoms with E-state index in [0.717, 1.165) is 42.3 Å². The van der Waals surface area contributed by atoms with Gasteiger partial charge in [0, 0.05) is 0 Å².